The predicted molar refractivity (Wildman–Crippen MR) is 121 cm³/mol. The molecule has 7 nitrogen and oxygen atoms in total. The van der Waals surface area contributed by atoms with Crippen LogP contribution in [0.3, 0.4) is 0 Å². The van der Waals surface area contributed by atoms with Gasteiger partial charge in [0.1, 0.15) is 26.4 Å². The van der Waals surface area contributed by atoms with Gasteiger partial charge in [0.2, 0.25) is 0 Å². The first-order valence-corrected chi connectivity index (χ1v) is 10.1. The van der Waals surface area contributed by atoms with E-state index in [1.165, 1.54) is 19.2 Å². The highest BCUT2D eigenvalue weighted by atomic mass is 19.1. The SMILES string of the molecule is C=C(C)C(=O)OCCOc1ccc(-c2ccc(OC)c(F)c2)cc1OCCOC(=O)C(=C)C. The van der Waals surface area contributed by atoms with Crippen molar-refractivity contribution >= 4 is 11.9 Å². The molecule has 176 valence electrons. The van der Waals surface area contributed by atoms with Crippen LogP contribution < -0.4 is 14.2 Å². The largest absolute Gasteiger partial charge is 0.494 e. The molecule has 2 rings (SSSR count). The second-order valence-electron chi connectivity index (χ2n) is 7.04. The van der Waals surface area contributed by atoms with E-state index in [0.29, 0.717) is 28.2 Å². The molecule has 0 atom stereocenters. The van der Waals surface area contributed by atoms with E-state index in [2.05, 4.69) is 13.2 Å². The molecule has 0 aromatic heterocycles. The molecular formula is C25H27FO7. The maximum atomic E-state index is 14.1. The van der Waals surface area contributed by atoms with Crippen LogP contribution >= 0.6 is 0 Å². The molecule has 0 amide bonds. The van der Waals surface area contributed by atoms with E-state index in [-0.39, 0.29) is 37.8 Å². The molecule has 0 bridgehead atoms. The smallest absolute Gasteiger partial charge is 0.333 e. The van der Waals surface area contributed by atoms with Gasteiger partial charge in [-0.15, -0.1) is 0 Å². The quantitative estimate of drug-likeness (QED) is 0.263. The Morgan fingerprint density at radius 3 is 1.73 bits per heavy atom. The van der Waals surface area contributed by atoms with Gasteiger partial charge in [0.15, 0.2) is 23.1 Å². The van der Waals surface area contributed by atoms with Gasteiger partial charge in [-0.3, -0.25) is 0 Å². The molecule has 2 aromatic carbocycles. The standard InChI is InChI=1S/C25H27FO7/c1-16(2)24(27)32-12-10-30-22-9-7-19(18-6-8-21(29-5)20(26)14-18)15-23(22)31-11-13-33-25(28)17(3)4/h6-9,14-15H,1,3,10-13H2,2,4-5H3. The molecule has 8 heteroatoms. The van der Waals surface area contributed by atoms with Crippen molar-refractivity contribution in [3.05, 3.63) is 66.5 Å². The number of ether oxygens (including phenoxy) is 5. The van der Waals surface area contributed by atoms with Gasteiger partial charge in [-0.05, 0) is 49.2 Å². The average molecular weight is 458 g/mol. The molecule has 0 saturated carbocycles. The Morgan fingerprint density at radius 1 is 0.758 bits per heavy atom. The second kappa shape index (κ2) is 12.3. The van der Waals surface area contributed by atoms with Crippen molar-refractivity contribution in [3.63, 3.8) is 0 Å². The second-order valence-corrected chi connectivity index (χ2v) is 7.04. The van der Waals surface area contributed by atoms with Gasteiger partial charge in [0.05, 0.1) is 7.11 Å². The third-order valence-corrected chi connectivity index (χ3v) is 4.27. The van der Waals surface area contributed by atoms with Crippen molar-refractivity contribution in [3.8, 4) is 28.4 Å². The van der Waals surface area contributed by atoms with Crippen LogP contribution in [0.2, 0.25) is 0 Å². The average Bonchev–Trinajstić information content (AvgIpc) is 2.79. The van der Waals surface area contributed by atoms with E-state index >= 15 is 0 Å². The van der Waals surface area contributed by atoms with Crippen LogP contribution in [-0.4, -0.2) is 45.5 Å². The fraction of sp³-hybridized carbons (Fsp3) is 0.280. The third kappa shape index (κ3) is 7.68. The lowest BCUT2D eigenvalue weighted by molar-refractivity contribution is -0.140. The van der Waals surface area contributed by atoms with Crippen LogP contribution in [0.25, 0.3) is 11.1 Å². The summed E-state index contributed by atoms with van der Waals surface area (Å²) in [6.07, 6.45) is 0. The van der Waals surface area contributed by atoms with Gasteiger partial charge in [-0.25, -0.2) is 14.0 Å². The van der Waals surface area contributed by atoms with Gasteiger partial charge < -0.3 is 23.7 Å². The Bertz CT molecular complexity index is 1030. The van der Waals surface area contributed by atoms with Crippen molar-refractivity contribution in [1.29, 1.82) is 0 Å². The molecule has 0 aliphatic rings. The highest BCUT2D eigenvalue weighted by Gasteiger charge is 2.12. The van der Waals surface area contributed by atoms with Gasteiger partial charge in [-0.2, -0.15) is 0 Å². The first-order valence-electron chi connectivity index (χ1n) is 10.1. The molecule has 2 aromatic rings. The number of hydrogen-bond donors (Lipinski definition) is 0. The minimum atomic E-state index is -0.517. The molecule has 0 heterocycles. The molecule has 33 heavy (non-hydrogen) atoms. The molecule has 0 spiro atoms. The summed E-state index contributed by atoms with van der Waals surface area (Å²) in [5.74, 6) is -0.655. The number of halogens is 1. The monoisotopic (exact) mass is 458 g/mol. The number of hydrogen-bond acceptors (Lipinski definition) is 7. The zero-order chi connectivity index (χ0) is 24.4. The summed E-state index contributed by atoms with van der Waals surface area (Å²) in [5, 5.41) is 0. The first kappa shape index (κ1) is 25.5. The summed E-state index contributed by atoms with van der Waals surface area (Å²) < 4.78 is 40.6. The van der Waals surface area contributed by atoms with E-state index in [1.807, 2.05) is 0 Å². The van der Waals surface area contributed by atoms with Crippen LogP contribution in [0.15, 0.2) is 60.7 Å². The topological polar surface area (TPSA) is 80.3 Å². The number of esters is 2. The molecule has 0 radical (unpaired) electrons. The van der Waals surface area contributed by atoms with Crippen LogP contribution in [0.4, 0.5) is 4.39 Å². The fourth-order valence-electron chi connectivity index (χ4n) is 2.58. The number of rotatable bonds is 12. The lowest BCUT2D eigenvalue weighted by Gasteiger charge is -2.15. The van der Waals surface area contributed by atoms with E-state index in [4.69, 9.17) is 23.7 Å². The Kier molecular flexibility index (Phi) is 9.47. The van der Waals surface area contributed by atoms with Gasteiger partial charge in [0, 0.05) is 11.1 Å². The summed E-state index contributed by atoms with van der Waals surface area (Å²) in [7, 11) is 1.39. The Morgan fingerprint density at radius 2 is 1.24 bits per heavy atom. The summed E-state index contributed by atoms with van der Waals surface area (Å²) >= 11 is 0. The molecule has 0 unspecified atom stereocenters. The van der Waals surface area contributed by atoms with E-state index in [9.17, 15) is 14.0 Å². The van der Waals surface area contributed by atoms with Crippen LogP contribution in [0.1, 0.15) is 13.8 Å². The minimum Gasteiger partial charge on any atom is -0.494 e. The Labute approximate surface area is 192 Å². The van der Waals surface area contributed by atoms with E-state index in [0.717, 1.165) is 0 Å². The molecular weight excluding hydrogens is 431 g/mol. The Hall–Kier alpha value is -3.81. The zero-order valence-electron chi connectivity index (χ0n) is 18.9. The molecule has 0 N–H and O–H groups in total. The molecule has 0 fully saturated rings. The lowest BCUT2D eigenvalue weighted by Crippen LogP contribution is -2.14. The highest BCUT2D eigenvalue weighted by molar-refractivity contribution is 5.87. The molecule has 0 aliphatic carbocycles. The van der Waals surface area contributed by atoms with Crippen molar-refractivity contribution in [1.82, 2.24) is 0 Å². The molecule has 0 saturated heterocycles. The summed E-state index contributed by atoms with van der Waals surface area (Å²) in [6.45, 7) is 10.3. The number of benzene rings is 2. The highest BCUT2D eigenvalue weighted by Crippen LogP contribution is 2.34. The summed E-state index contributed by atoms with van der Waals surface area (Å²) in [4.78, 5) is 23.0. The van der Waals surface area contributed by atoms with Crippen LogP contribution in [0, 0.1) is 5.82 Å². The van der Waals surface area contributed by atoms with Crippen LogP contribution in [-0.2, 0) is 19.1 Å². The Balaban J connectivity index is 2.14. The number of carbonyl (C=O) groups excluding carboxylic acids is 2. The minimum absolute atomic E-state index is 0.00273. The van der Waals surface area contributed by atoms with Crippen molar-refractivity contribution in [2.24, 2.45) is 0 Å². The van der Waals surface area contributed by atoms with Gasteiger partial charge in [-0.1, -0.05) is 25.3 Å². The zero-order valence-corrected chi connectivity index (χ0v) is 18.9. The van der Waals surface area contributed by atoms with Crippen LogP contribution in [0.5, 0.6) is 17.2 Å². The van der Waals surface area contributed by atoms with E-state index < -0.39 is 17.8 Å². The number of methoxy groups -OCH3 is 1. The first-order chi connectivity index (χ1) is 15.7. The van der Waals surface area contributed by atoms with Crippen molar-refractivity contribution in [2.45, 2.75) is 13.8 Å². The van der Waals surface area contributed by atoms with Gasteiger partial charge in [0.25, 0.3) is 0 Å². The van der Waals surface area contributed by atoms with Gasteiger partial charge >= 0.3 is 11.9 Å². The maximum absolute atomic E-state index is 14.1. The van der Waals surface area contributed by atoms with E-state index in [1.54, 1.807) is 38.1 Å². The predicted octanol–water partition coefficient (Wildman–Crippen LogP) is 4.50. The fourth-order valence-corrected chi connectivity index (χ4v) is 2.58. The van der Waals surface area contributed by atoms with Crippen molar-refractivity contribution in [2.75, 3.05) is 33.5 Å². The summed E-state index contributed by atoms with van der Waals surface area (Å²) in [6, 6.07) is 9.68. The normalized spacial score (nSPS) is 10.2. The molecule has 0 aliphatic heterocycles. The third-order valence-electron chi connectivity index (χ3n) is 4.27. The summed E-state index contributed by atoms with van der Waals surface area (Å²) in [5.41, 5.74) is 1.85. The number of carbonyl (C=O) groups is 2. The van der Waals surface area contributed by atoms with Crippen molar-refractivity contribution < 1.29 is 37.7 Å². The lowest BCUT2D eigenvalue weighted by atomic mass is 10.0. The maximum Gasteiger partial charge on any atom is 0.333 e.